The Labute approximate surface area is 160 Å². The first-order chi connectivity index (χ1) is 13.1. The lowest BCUT2D eigenvalue weighted by molar-refractivity contribution is -0.131. The van der Waals surface area contributed by atoms with Gasteiger partial charge in [0.1, 0.15) is 4.90 Å². The molecule has 0 aliphatic rings. The van der Waals surface area contributed by atoms with Crippen LogP contribution in [0.4, 0.5) is 5.69 Å². The lowest BCUT2D eigenvalue weighted by Crippen LogP contribution is -2.16. The molecular formula is C17H15N3O6S2. The lowest BCUT2D eigenvalue weighted by Gasteiger charge is -2.11. The van der Waals surface area contributed by atoms with Crippen molar-refractivity contribution >= 4 is 48.5 Å². The molecular weight excluding hydrogens is 406 g/mol. The summed E-state index contributed by atoms with van der Waals surface area (Å²) in [4.78, 5) is 10.0. The van der Waals surface area contributed by atoms with Crippen molar-refractivity contribution in [2.75, 3.05) is 11.0 Å². The SMILES string of the molecule is CS(=O)(=O)c1ccccc1S(=O)(=O)Nc1ccc2[nH]nc(C=CC(=O)O)c2c1. The molecule has 1 aromatic heterocycles. The van der Waals surface area contributed by atoms with Crippen molar-refractivity contribution in [1.82, 2.24) is 10.2 Å². The van der Waals surface area contributed by atoms with Gasteiger partial charge in [-0.05, 0) is 36.4 Å². The van der Waals surface area contributed by atoms with Crippen LogP contribution in [-0.2, 0) is 24.7 Å². The first-order valence-electron chi connectivity index (χ1n) is 7.79. The Morgan fingerprint density at radius 1 is 1.11 bits per heavy atom. The van der Waals surface area contributed by atoms with Crippen LogP contribution >= 0.6 is 0 Å². The molecule has 0 atom stereocenters. The number of carbonyl (C=O) groups is 1. The molecule has 0 radical (unpaired) electrons. The van der Waals surface area contributed by atoms with Gasteiger partial charge in [-0.3, -0.25) is 9.82 Å². The first-order valence-corrected chi connectivity index (χ1v) is 11.2. The van der Waals surface area contributed by atoms with Crippen molar-refractivity contribution in [3.05, 3.63) is 54.2 Å². The molecule has 0 aliphatic carbocycles. The van der Waals surface area contributed by atoms with E-state index in [2.05, 4.69) is 14.9 Å². The van der Waals surface area contributed by atoms with E-state index in [9.17, 15) is 21.6 Å². The number of fused-ring (bicyclic) bond motifs is 1. The zero-order valence-corrected chi connectivity index (χ0v) is 16.1. The van der Waals surface area contributed by atoms with Crippen molar-refractivity contribution in [3.8, 4) is 0 Å². The van der Waals surface area contributed by atoms with Crippen LogP contribution in [0.5, 0.6) is 0 Å². The summed E-state index contributed by atoms with van der Waals surface area (Å²) in [6.45, 7) is 0. The molecule has 1 heterocycles. The van der Waals surface area contributed by atoms with Crippen LogP contribution in [-0.4, -0.2) is 44.4 Å². The van der Waals surface area contributed by atoms with Gasteiger partial charge in [-0.15, -0.1) is 0 Å². The molecule has 3 rings (SSSR count). The summed E-state index contributed by atoms with van der Waals surface area (Å²) >= 11 is 0. The zero-order valence-electron chi connectivity index (χ0n) is 14.4. The number of sulfonamides is 1. The minimum Gasteiger partial charge on any atom is -0.478 e. The fraction of sp³-hybridized carbons (Fsp3) is 0.0588. The van der Waals surface area contributed by atoms with Gasteiger partial charge in [0.05, 0.1) is 16.1 Å². The summed E-state index contributed by atoms with van der Waals surface area (Å²) in [7, 11) is -7.95. The van der Waals surface area contributed by atoms with E-state index in [-0.39, 0.29) is 15.5 Å². The van der Waals surface area contributed by atoms with Crippen molar-refractivity contribution < 1.29 is 26.7 Å². The molecule has 3 N–H and O–H groups in total. The average Bonchev–Trinajstić information content (AvgIpc) is 3.01. The maximum absolute atomic E-state index is 12.8. The molecule has 0 unspecified atom stereocenters. The monoisotopic (exact) mass is 421 g/mol. The summed E-state index contributed by atoms with van der Waals surface area (Å²) in [6, 6.07) is 9.81. The summed E-state index contributed by atoms with van der Waals surface area (Å²) < 4.78 is 51.7. The Bertz CT molecular complexity index is 1310. The molecule has 0 bridgehead atoms. The summed E-state index contributed by atoms with van der Waals surface area (Å²) in [5.74, 6) is -1.15. The number of H-pyrrole nitrogens is 1. The number of benzene rings is 2. The van der Waals surface area contributed by atoms with Crippen LogP contribution in [0.2, 0.25) is 0 Å². The predicted octanol–water partition coefficient (Wildman–Crippen LogP) is 1.87. The number of anilines is 1. The number of carboxylic acids is 1. The first kappa shape index (κ1) is 19.6. The van der Waals surface area contributed by atoms with E-state index in [0.29, 0.717) is 16.6 Å². The van der Waals surface area contributed by atoms with Crippen LogP contribution in [0, 0.1) is 0 Å². The minimum atomic E-state index is -4.19. The van der Waals surface area contributed by atoms with Crippen LogP contribution in [0.15, 0.2) is 58.3 Å². The number of aromatic amines is 1. The largest absolute Gasteiger partial charge is 0.478 e. The smallest absolute Gasteiger partial charge is 0.328 e. The fourth-order valence-electron chi connectivity index (χ4n) is 2.56. The van der Waals surface area contributed by atoms with Gasteiger partial charge in [0, 0.05) is 23.4 Å². The van der Waals surface area contributed by atoms with E-state index in [1.165, 1.54) is 42.5 Å². The zero-order chi connectivity index (χ0) is 20.5. The van der Waals surface area contributed by atoms with E-state index in [4.69, 9.17) is 5.11 Å². The number of nitrogens with zero attached hydrogens (tertiary/aromatic N) is 1. The topological polar surface area (TPSA) is 146 Å². The number of hydrogen-bond acceptors (Lipinski definition) is 6. The molecule has 9 nitrogen and oxygen atoms in total. The Hall–Kier alpha value is -3.18. The van der Waals surface area contributed by atoms with Gasteiger partial charge < -0.3 is 5.11 Å². The average molecular weight is 421 g/mol. The van der Waals surface area contributed by atoms with Crippen molar-refractivity contribution in [1.29, 1.82) is 0 Å². The number of nitrogens with one attached hydrogen (secondary N) is 2. The van der Waals surface area contributed by atoms with Gasteiger partial charge >= 0.3 is 5.97 Å². The maximum Gasteiger partial charge on any atom is 0.328 e. The van der Waals surface area contributed by atoms with Gasteiger partial charge in [0.2, 0.25) is 0 Å². The number of carboxylic acid groups (broad SMARTS) is 1. The van der Waals surface area contributed by atoms with E-state index in [1.54, 1.807) is 6.07 Å². The second-order valence-electron chi connectivity index (χ2n) is 5.87. The number of aromatic nitrogens is 2. The molecule has 11 heteroatoms. The van der Waals surface area contributed by atoms with Gasteiger partial charge in [-0.25, -0.2) is 21.6 Å². The molecule has 0 saturated carbocycles. The molecule has 146 valence electrons. The van der Waals surface area contributed by atoms with E-state index in [1.807, 2.05) is 0 Å². The highest BCUT2D eigenvalue weighted by Crippen LogP contribution is 2.26. The van der Waals surface area contributed by atoms with Gasteiger partial charge in [-0.1, -0.05) is 12.1 Å². The van der Waals surface area contributed by atoms with Crippen molar-refractivity contribution in [3.63, 3.8) is 0 Å². The van der Waals surface area contributed by atoms with E-state index in [0.717, 1.165) is 12.3 Å². The maximum atomic E-state index is 12.8. The molecule has 0 aliphatic heterocycles. The van der Waals surface area contributed by atoms with Gasteiger partial charge in [-0.2, -0.15) is 5.10 Å². The van der Waals surface area contributed by atoms with Gasteiger partial charge in [0.15, 0.2) is 9.84 Å². The van der Waals surface area contributed by atoms with E-state index < -0.39 is 25.8 Å². The number of rotatable bonds is 6. The number of aliphatic carboxylic acids is 1. The molecule has 0 spiro atoms. The molecule has 2 aromatic carbocycles. The third kappa shape index (κ3) is 4.05. The number of hydrogen-bond donors (Lipinski definition) is 3. The standard InChI is InChI=1S/C17H15N3O6S2/c1-27(23,24)15-4-2-3-5-16(15)28(25,26)20-11-6-7-13-12(10-11)14(19-18-13)8-9-17(21)22/h2-10,20H,1H3,(H,18,19)(H,21,22). The van der Waals surface area contributed by atoms with Crippen LogP contribution < -0.4 is 4.72 Å². The van der Waals surface area contributed by atoms with Crippen LogP contribution in [0.3, 0.4) is 0 Å². The lowest BCUT2D eigenvalue weighted by atomic mass is 10.2. The van der Waals surface area contributed by atoms with Crippen LogP contribution in [0.25, 0.3) is 17.0 Å². The Morgan fingerprint density at radius 2 is 1.79 bits per heavy atom. The molecule has 28 heavy (non-hydrogen) atoms. The number of sulfone groups is 1. The predicted molar refractivity (Wildman–Crippen MR) is 103 cm³/mol. The molecule has 0 saturated heterocycles. The van der Waals surface area contributed by atoms with Crippen molar-refractivity contribution in [2.45, 2.75) is 9.79 Å². The second kappa shape index (κ2) is 7.09. The van der Waals surface area contributed by atoms with Crippen molar-refractivity contribution in [2.24, 2.45) is 0 Å². The molecule has 0 fully saturated rings. The summed E-state index contributed by atoms with van der Waals surface area (Å²) in [5, 5.41) is 15.9. The quantitative estimate of drug-likeness (QED) is 0.515. The minimum absolute atomic E-state index is 0.169. The Morgan fingerprint density at radius 3 is 2.43 bits per heavy atom. The highest BCUT2D eigenvalue weighted by Gasteiger charge is 2.23. The summed E-state index contributed by atoms with van der Waals surface area (Å²) in [5.41, 5.74) is 1.06. The highest BCUT2D eigenvalue weighted by atomic mass is 32.2. The molecule has 0 amide bonds. The third-order valence-corrected chi connectivity index (χ3v) is 6.49. The fourth-order valence-corrected chi connectivity index (χ4v) is 5.24. The third-order valence-electron chi connectivity index (χ3n) is 3.77. The van der Waals surface area contributed by atoms with Crippen LogP contribution in [0.1, 0.15) is 5.69 Å². The second-order valence-corrected chi connectivity index (χ2v) is 9.50. The van der Waals surface area contributed by atoms with Gasteiger partial charge in [0.25, 0.3) is 10.0 Å². The Kier molecular flexibility index (Phi) is 4.96. The Balaban J connectivity index is 2.03. The highest BCUT2D eigenvalue weighted by molar-refractivity contribution is 7.95. The molecule has 3 aromatic rings. The normalized spacial score (nSPS) is 12.5. The summed E-state index contributed by atoms with van der Waals surface area (Å²) in [6.07, 6.45) is 3.12. The van der Waals surface area contributed by atoms with E-state index >= 15 is 0 Å².